The third kappa shape index (κ3) is 4.44. The van der Waals surface area contributed by atoms with Crippen molar-refractivity contribution in [2.75, 3.05) is 13.1 Å². The summed E-state index contributed by atoms with van der Waals surface area (Å²) in [5.41, 5.74) is 2.83. The molecule has 1 fully saturated rings. The molecule has 1 aliphatic heterocycles. The van der Waals surface area contributed by atoms with Gasteiger partial charge in [0, 0.05) is 24.6 Å². The van der Waals surface area contributed by atoms with Crippen LogP contribution in [0.4, 0.5) is 0 Å². The van der Waals surface area contributed by atoms with E-state index in [0.717, 1.165) is 37.9 Å². The van der Waals surface area contributed by atoms with Crippen LogP contribution < -0.4 is 0 Å². The zero-order valence-electron chi connectivity index (χ0n) is 15.4. The van der Waals surface area contributed by atoms with E-state index >= 15 is 0 Å². The molecule has 1 heterocycles. The van der Waals surface area contributed by atoms with Gasteiger partial charge in [0.15, 0.2) is 0 Å². The Labute approximate surface area is 155 Å². The predicted octanol–water partition coefficient (Wildman–Crippen LogP) is 3.26. The fourth-order valence-corrected chi connectivity index (χ4v) is 3.87. The second kappa shape index (κ2) is 8.67. The summed E-state index contributed by atoms with van der Waals surface area (Å²) < 4.78 is 0. The molecule has 140 valence electrons. The van der Waals surface area contributed by atoms with E-state index in [-0.39, 0.29) is 18.3 Å². The van der Waals surface area contributed by atoms with Gasteiger partial charge in [0.1, 0.15) is 12.0 Å². The molecule has 2 aromatic carbocycles. The van der Waals surface area contributed by atoms with Gasteiger partial charge >= 0.3 is 0 Å². The number of likely N-dealkylation sites (tertiary alicyclic amines) is 1. The highest BCUT2D eigenvalue weighted by Crippen LogP contribution is 2.29. The Kier molecular flexibility index (Phi) is 6.30. The number of aliphatic hydroxyl groups is 2. The summed E-state index contributed by atoms with van der Waals surface area (Å²) in [6.45, 7) is 3.59. The zero-order valence-corrected chi connectivity index (χ0v) is 15.4. The summed E-state index contributed by atoms with van der Waals surface area (Å²) in [5, 5.41) is 29.9. The molecule has 1 aliphatic rings. The van der Waals surface area contributed by atoms with Gasteiger partial charge in [0.05, 0.1) is 6.61 Å². The monoisotopic (exact) mass is 355 g/mol. The Balaban J connectivity index is 1.56. The molecule has 26 heavy (non-hydrogen) atoms. The van der Waals surface area contributed by atoms with E-state index in [1.807, 2.05) is 13.0 Å². The van der Waals surface area contributed by atoms with Crippen molar-refractivity contribution in [2.24, 2.45) is 5.92 Å². The second-order valence-corrected chi connectivity index (χ2v) is 7.42. The van der Waals surface area contributed by atoms with Crippen LogP contribution in [0.1, 0.15) is 42.4 Å². The predicted molar refractivity (Wildman–Crippen MR) is 103 cm³/mol. The fourth-order valence-electron chi connectivity index (χ4n) is 3.87. The lowest BCUT2D eigenvalue weighted by molar-refractivity contribution is -0.0313. The maximum absolute atomic E-state index is 10.8. The van der Waals surface area contributed by atoms with E-state index in [2.05, 4.69) is 35.2 Å². The van der Waals surface area contributed by atoms with Crippen molar-refractivity contribution in [3.63, 3.8) is 0 Å². The van der Waals surface area contributed by atoms with Crippen molar-refractivity contribution in [1.29, 1.82) is 0 Å². The van der Waals surface area contributed by atoms with Crippen molar-refractivity contribution in [3.05, 3.63) is 65.2 Å². The van der Waals surface area contributed by atoms with E-state index < -0.39 is 6.23 Å². The summed E-state index contributed by atoms with van der Waals surface area (Å²) in [7, 11) is 0. The standard InChI is InChI=1S/C22H29NO3/c1-16(19-7-8-21(25)20(14-19)15-24)22(26)23-11-9-18(10-12-23)13-17-5-3-2-4-6-17/h2-8,14,16,18,22,24-26H,9-13,15H2,1H3. The van der Waals surface area contributed by atoms with Gasteiger partial charge in [-0.05, 0) is 48.4 Å². The molecule has 0 radical (unpaired) electrons. The molecule has 3 N–H and O–H groups in total. The Morgan fingerprint density at radius 1 is 1.08 bits per heavy atom. The third-order valence-corrected chi connectivity index (χ3v) is 5.64. The van der Waals surface area contributed by atoms with E-state index in [4.69, 9.17) is 0 Å². The van der Waals surface area contributed by atoms with Crippen molar-refractivity contribution in [3.8, 4) is 5.75 Å². The number of hydrogen-bond donors (Lipinski definition) is 3. The van der Waals surface area contributed by atoms with Crippen LogP contribution >= 0.6 is 0 Å². The van der Waals surface area contributed by atoms with E-state index in [9.17, 15) is 15.3 Å². The van der Waals surface area contributed by atoms with Gasteiger partial charge in [-0.15, -0.1) is 0 Å². The Hall–Kier alpha value is -1.88. The maximum atomic E-state index is 10.8. The van der Waals surface area contributed by atoms with Crippen molar-refractivity contribution in [1.82, 2.24) is 4.90 Å². The summed E-state index contributed by atoms with van der Waals surface area (Å²) in [6, 6.07) is 15.8. The normalized spacial score (nSPS) is 18.6. The molecule has 0 aromatic heterocycles. The van der Waals surface area contributed by atoms with E-state index in [0.29, 0.717) is 11.5 Å². The molecule has 0 spiro atoms. The van der Waals surface area contributed by atoms with Crippen LogP contribution in [0.3, 0.4) is 0 Å². The van der Waals surface area contributed by atoms with Crippen molar-refractivity contribution < 1.29 is 15.3 Å². The summed E-state index contributed by atoms with van der Waals surface area (Å²) in [6.07, 6.45) is 2.74. The lowest BCUT2D eigenvalue weighted by atomic mass is 9.89. The molecule has 1 saturated heterocycles. The molecule has 4 heteroatoms. The minimum absolute atomic E-state index is 0.0772. The van der Waals surface area contributed by atoms with Gasteiger partial charge in [0.25, 0.3) is 0 Å². The quantitative estimate of drug-likeness (QED) is 0.744. The topological polar surface area (TPSA) is 63.9 Å². The van der Waals surface area contributed by atoms with Gasteiger partial charge in [-0.3, -0.25) is 4.90 Å². The Bertz CT molecular complexity index is 696. The van der Waals surface area contributed by atoms with E-state index in [1.165, 1.54) is 5.56 Å². The molecule has 2 aromatic rings. The minimum Gasteiger partial charge on any atom is -0.508 e. The number of hydrogen-bond acceptors (Lipinski definition) is 4. The van der Waals surface area contributed by atoms with Crippen LogP contribution in [0.5, 0.6) is 5.75 Å². The molecular formula is C22H29NO3. The molecule has 2 atom stereocenters. The molecule has 2 unspecified atom stereocenters. The number of aromatic hydroxyl groups is 1. The van der Waals surface area contributed by atoms with Gasteiger partial charge in [-0.1, -0.05) is 43.3 Å². The van der Waals surface area contributed by atoms with E-state index in [1.54, 1.807) is 12.1 Å². The van der Waals surface area contributed by atoms with Crippen LogP contribution in [-0.2, 0) is 13.0 Å². The molecular weight excluding hydrogens is 326 g/mol. The molecule has 0 saturated carbocycles. The summed E-state index contributed by atoms with van der Waals surface area (Å²) in [5.74, 6) is 0.692. The number of nitrogens with zero attached hydrogens (tertiary/aromatic N) is 1. The van der Waals surface area contributed by atoms with Gasteiger partial charge < -0.3 is 15.3 Å². The first-order valence-corrected chi connectivity index (χ1v) is 9.47. The molecule has 0 amide bonds. The molecule has 3 rings (SSSR count). The number of aliphatic hydroxyl groups excluding tert-OH is 2. The molecule has 0 aliphatic carbocycles. The lowest BCUT2D eigenvalue weighted by Gasteiger charge is -2.37. The average molecular weight is 355 g/mol. The zero-order chi connectivity index (χ0) is 18.5. The Morgan fingerprint density at radius 3 is 2.42 bits per heavy atom. The lowest BCUT2D eigenvalue weighted by Crippen LogP contribution is -2.44. The fraction of sp³-hybridized carbons (Fsp3) is 0.455. The summed E-state index contributed by atoms with van der Waals surface area (Å²) in [4.78, 5) is 2.15. The number of phenols is 1. The van der Waals surface area contributed by atoms with Gasteiger partial charge in [0.2, 0.25) is 0 Å². The maximum Gasteiger partial charge on any atom is 0.121 e. The van der Waals surface area contributed by atoms with Crippen LogP contribution in [0.25, 0.3) is 0 Å². The largest absolute Gasteiger partial charge is 0.508 e. The van der Waals surface area contributed by atoms with Crippen LogP contribution in [-0.4, -0.2) is 39.5 Å². The number of piperidine rings is 1. The first-order valence-electron chi connectivity index (χ1n) is 9.47. The molecule has 4 nitrogen and oxygen atoms in total. The van der Waals surface area contributed by atoms with Crippen LogP contribution in [0.2, 0.25) is 0 Å². The molecule has 0 bridgehead atoms. The van der Waals surface area contributed by atoms with Gasteiger partial charge in [-0.2, -0.15) is 0 Å². The summed E-state index contributed by atoms with van der Waals surface area (Å²) >= 11 is 0. The SMILES string of the molecule is CC(c1ccc(O)c(CO)c1)C(O)N1CCC(Cc2ccccc2)CC1. The first-order chi connectivity index (χ1) is 12.6. The second-order valence-electron chi connectivity index (χ2n) is 7.42. The average Bonchev–Trinajstić information content (AvgIpc) is 2.68. The van der Waals surface area contributed by atoms with Gasteiger partial charge in [-0.25, -0.2) is 0 Å². The highest BCUT2D eigenvalue weighted by Gasteiger charge is 2.28. The third-order valence-electron chi connectivity index (χ3n) is 5.64. The Morgan fingerprint density at radius 2 is 1.77 bits per heavy atom. The van der Waals surface area contributed by atoms with Crippen LogP contribution in [0, 0.1) is 5.92 Å². The smallest absolute Gasteiger partial charge is 0.121 e. The highest BCUT2D eigenvalue weighted by atomic mass is 16.3. The van der Waals surface area contributed by atoms with Crippen molar-refractivity contribution >= 4 is 0 Å². The highest BCUT2D eigenvalue weighted by molar-refractivity contribution is 5.37. The number of benzene rings is 2. The minimum atomic E-state index is -0.552. The van der Waals surface area contributed by atoms with Crippen LogP contribution in [0.15, 0.2) is 48.5 Å². The number of rotatable bonds is 6. The van der Waals surface area contributed by atoms with Crippen molar-refractivity contribution in [2.45, 2.75) is 44.9 Å². The first kappa shape index (κ1) is 18.9.